The Balaban J connectivity index is 0.000000185. The Morgan fingerprint density at radius 2 is 0.848 bits per heavy atom. The van der Waals surface area contributed by atoms with Crippen molar-refractivity contribution in [3.05, 3.63) is 140 Å². The van der Waals surface area contributed by atoms with E-state index in [4.69, 9.17) is 41.4 Å². The van der Waals surface area contributed by atoms with Gasteiger partial charge in [-0.05, 0) is 216 Å². The average molecular weight is 1500 g/mol. The number of aryl methyl sites for hydroxylation is 2. The normalized spacial score (nSPS) is 27.6. The summed E-state index contributed by atoms with van der Waals surface area (Å²) in [6.45, 7) is 31.1. The molecule has 30 heteroatoms. The second kappa shape index (κ2) is 29.2. The van der Waals surface area contributed by atoms with Crippen LogP contribution in [0.3, 0.4) is 0 Å². The van der Waals surface area contributed by atoms with Crippen LogP contribution in [0.2, 0.25) is 0 Å². The zero-order chi connectivity index (χ0) is 77.8. The predicted octanol–water partition coefficient (Wildman–Crippen LogP) is 11.9. The van der Waals surface area contributed by atoms with E-state index in [-0.39, 0.29) is 77.4 Å². The molecule has 0 aromatic carbocycles. The number of nitriles is 2. The molecule has 0 radical (unpaired) electrons. The van der Waals surface area contributed by atoms with Gasteiger partial charge in [0, 0.05) is 54.8 Å². The Labute approximate surface area is 613 Å². The van der Waals surface area contributed by atoms with Crippen LogP contribution < -0.4 is 11.5 Å². The second-order valence-electron chi connectivity index (χ2n) is 31.3. The number of carbonyl (C=O) groups is 4. The molecule has 11 heterocycles. The Morgan fingerprint density at radius 1 is 0.514 bits per heavy atom. The number of anilines is 1. The number of fused-ring (bicyclic) bond motifs is 3. The number of esters is 2. The van der Waals surface area contributed by atoms with E-state index in [1.165, 1.54) is 48.8 Å². The number of ether oxygens (including phenoxy) is 2. The molecule has 0 aliphatic carbocycles. The third-order valence-electron chi connectivity index (χ3n) is 20.3. The zero-order valence-electron chi connectivity index (χ0n) is 62.7. The topological polar surface area (TPSA) is 376 Å². The van der Waals surface area contributed by atoms with E-state index >= 15 is 8.78 Å². The number of halogens is 3. The molecule has 0 fully saturated rings. The molecular formula is C75H94F3N15O9S3. The quantitative estimate of drug-likeness (QED) is 0.0816. The highest BCUT2D eigenvalue weighted by molar-refractivity contribution is 7.97. The summed E-state index contributed by atoms with van der Waals surface area (Å²) < 4.78 is 111. The van der Waals surface area contributed by atoms with Crippen LogP contribution in [-0.2, 0) is 77.7 Å². The van der Waals surface area contributed by atoms with Crippen LogP contribution in [0.1, 0.15) is 227 Å². The molecule has 24 nitrogen and oxygen atoms in total. The number of aromatic nitrogens is 5. The van der Waals surface area contributed by atoms with Gasteiger partial charge in [-0.25, -0.2) is 43.9 Å². The summed E-state index contributed by atoms with van der Waals surface area (Å²) in [6.07, 6.45) is 5.75. The van der Waals surface area contributed by atoms with Gasteiger partial charge in [0.1, 0.15) is 102 Å². The van der Waals surface area contributed by atoms with Gasteiger partial charge in [0.05, 0.1) is 91.2 Å². The van der Waals surface area contributed by atoms with Crippen molar-refractivity contribution in [1.82, 2.24) is 24.9 Å². The molecule has 0 amide bonds. The Bertz CT molecular complexity index is 4980. The monoisotopic (exact) mass is 1500 g/mol. The lowest BCUT2D eigenvalue weighted by Gasteiger charge is -2.48. The van der Waals surface area contributed by atoms with E-state index in [0.717, 1.165) is 6.42 Å². The van der Waals surface area contributed by atoms with E-state index in [1.54, 1.807) is 130 Å². The Morgan fingerprint density at radius 3 is 1.19 bits per heavy atom. The fourth-order valence-corrected chi connectivity index (χ4v) is 24.5. The maximum Gasteiger partial charge on any atom is 0.312 e. The first kappa shape index (κ1) is 80.4. The van der Waals surface area contributed by atoms with Gasteiger partial charge in [0.25, 0.3) is 0 Å². The Hall–Kier alpha value is -8.74. The molecule has 0 spiro atoms. The molecule has 5 aromatic heterocycles. The van der Waals surface area contributed by atoms with Gasteiger partial charge < -0.3 is 20.9 Å². The van der Waals surface area contributed by atoms with Crippen LogP contribution >= 0.6 is 0 Å². The molecule has 0 bridgehead atoms. The van der Waals surface area contributed by atoms with E-state index in [1.807, 2.05) is 12.1 Å². The minimum atomic E-state index is -3.04. The molecule has 6 aliphatic rings. The van der Waals surface area contributed by atoms with Gasteiger partial charge in [-0.1, -0.05) is 0 Å². The first-order chi connectivity index (χ1) is 48.7. The Kier molecular flexibility index (Phi) is 22.3. The molecule has 0 saturated heterocycles. The molecule has 105 heavy (non-hydrogen) atoms. The lowest BCUT2D eigenvalue weighted by Crippen LogP contribution is -2.60. The van der Waals surface area contributed by atoms with Crippen molar-refractivity contribution in [3.8, 4) is 12.1 Å². The van der Waals surface area contributed by atoms with Crippen molar-refractivity contribution in [2.75, 3.05) is 25.4 Å². The van der Waals surface area contributed by atoms with Crippen LogP contribution in [0.5, 0.6) is 0 Å². The molecule has 9 atom stereocenters. The van der Waals surface area contributed by atoms with Crippen molar-refractivity contribution in [2.24, 2.45) is 33.8 Å². The summed E-state index contributed by atoms with van der Waals surface area (Å²) in [7, 11) is -8.80. The molecule has 4 N–H and O–H groups in total. The van der Waals surface area contributed by atoms with Crippen molar-refractivity contribution < 1.29 is 54.4 Å². The SMILES string of the molecule is CC(C)(C)OC(=O)CC1=N[C@](C)(c2nc(N)ccc2F)[C@H]2CCCN=[S@@]2(=O)C1(C)C.Cc1cc(C#N)cnc1C(=O)Cc1ccc(F)c([C@@]2(C)N=C(CC(=O)OC(C)(C)C)C(C)(C)[S@]3(=O)=NCCC[C@H]23)n1.Cc1cc(C#N)cnc1C(=O)Cc1ccc(F)c([C@@]2(C)N=C(N)C(C)(C)[S@]3(=O)=NCCC[C@H]23)n1. The lowest BCUT2D eigenvalue weighted by atomic mass is 9.87. The minimum Gasteiger partial charge on any atom is -0.460 e. The molecule has 0 unspecified atom stereocenters. The molecule has 0 saturated carbocycles. The van der Waals surface area contributed by atoms with Gasteiger partial charge >= 0.3 is 11.9 Å². The number of nitrogens with zero attached hydrogens (tertiary/aromatic N) is 13. The van der Waals surface area contributed by atoms with E-state index in [9.17, 15) is 36.2 Å². The van der Waals surface area contributed by atoms with Crippen LogP contribution in [-0.4, -0.2) is 139 Å². The van der Waals surface area contributed by atoms with Gasteiger partial charge in [-0.15, -0.1) is 0 Å². The summed E-state index contributed by atoms with van der Waals surface area (Å²) in [4.78, 5) is 87.6. The lowest BCUT2D eigenvalue weighted by molar-refractivity contribution is -0.154. The minimum absolute atomic E-state index is 0.00980. The predicted molar refractivity (Wildman–Crippen MR) is 398 cm³/mol. The van der Waals surface area contributed by atoms with E-state index in [2.05, 4.69) is 43.0 Å². The summed E-state index contributed by atoms with van der Waals surface area (Å²) in [5, 5.41) is 16.4. The number of aliphatic imine (C=N–C) groups is 3. The molecule has 6 aliphatic heterocycles. The summed E-state index contributed by atoms with van der Waals surface area (Å²) in [5.41, 5.74) is 10.4. The smallest absolute Gasteiger partial charge is 0.312 e. The maximum absolute atomic E-state index is 15.6. The van der Waals surface area contributed by atoms with E-state index < -0.39 is 116 Å². The van der Waals surface area contributed by atoms with Crippen molar-refractivity contribution in [3.63, 3.8) is 0 Å². The number of nitrogen functional groups attached to an aromatic ring is 1. The van der Waals surface area contributed by atoms with Gasteiger partial charge in [0.2, 0.25) is 0 Å². The first-order valence-corrected chi connectivity index (χ1v) is 39.6. The van der Waals surface area contributed by atoms with Crippen LogP contribution in [0.4, 0.5) is 19.0 Å². The third-order valence-corrected chi connectivity index (χ3v) is 31.4. The van der Waals surface area contributed by atoms with Crippen LogP contribution in [0, 0.1) is 54.0 Å². The summed E-state index contributed by atoms with van der Waals surface area (Å²) >= 11 is 0. The van der Waals surface area contributed by atoms with Crippen molar-refractivity contribution >= 4 is 75.8 Å². The van der Waals surface area contributed by atoms with Crippen molar-refractivity contribution in [1.29, 1.82) is 10.5 Å². The standard InChI is InChI=1S/C30H36FN5O4S.C24H27FN6O2S.C21H31FN4O3S/c1-18-13-19(16-32)17-33-26(18)22(37)14-20-10-11-21(31)27(35-20)30(7)24-9-8-12-34-41(24,39)29(5,6)23(36-30)15-25(38)40-28(2,3)4;1-14-10-15(12-26)13-28-20(14)18(32)11-16-7-8-17(25)21(30-16)24(4)19-6-5-9-29-34(19,33)23(2,3)22(27)31-24;1-19(2,3)29-17(27)12-14-20(4,5)30(28)15(8-7-11-24-30)21(6,26-14)18-13(22)9-10-16(23)25-18/h10-11,13,17,24H,8-9,12,14-15H2,1-7H3;7-8,10,13,19H,5-6,9,11H2,1-4H3,(H2,27,31);9-10,15H,7-8,11-12H2,1-6H3,(H2,23,25)/t24-,30+,41+;19-,24+,34+;15-,21+,30+/m111/s1. The number of ketones is 2. The van der Waals surface area contributed by atoms with Gasteiger partial charge in [0.15, 0.2) is 11.6 Å². The van der Waals surface area contributed by atoms with Crippen LogP contribution in [0.15, 0.2) is 89.0 Å². The number of nitrogens with two attached hydrogens (primary N) is 2. The maximum atomic E-state index is 15.6. The fraction of sp³-hybridized carbons (Fsp3) is 0.547. The molecule has 562 valence electrons. The first-order valence-electron chi connectivity index (χ1n) is 34.8. The summed E-state index contributed by atoms with van der Waals surface area (Å²) in [6, 6.07) is 15.1. The van der Waals surface area contributed by atoms with Crippen LogP contribution in [0.25, 0.3) is 0 Å². The second-order valence-corrected chi connectivity index (χ2v) is 40.3. The number of hydrogen-bond donors (Lipinski definition) is 2. The molecular weight excluding hydrogens is 1410 g/mol. The highest BCUT2D eigenvalue weighted by atomic mass is 32.2. The van der Waals surface area contributed by atoms with Gasteiger partial charge in [-0.3, -0.25) is 54.1 Å². The average Bonchev–Trinajstić information content (AvgIpc) is 0.716. The highest BCUT2D eigenvalue weighted by Crippen LogP contribution is 2.51. The largest absolute Gasteiger partial charge is 0.460 e. The van der Waals surface area contributed by atoms with E-state index in [0.29, 0.717) is 96.8 Å². The number of rotatable bonds is 13. The highest BCUT2D eigenvalue weighted by Gasteiger charge is 2.60. The number of amidine groups is 1. The number of Topliss-reactive ketones (excluding diaryl/α,β-unsaturated/α-hetero) is 2. The molecule has 5 aromatic rings. The number of hydrogen-bond acceptors (Lipinski definition) is 24. The number of carbonyl (C=O) groups excluding carboxylic acids is 4. The van der Waals surface area contributed by atoms with Gasteiger partial charge in [-0.2, -0.15) is 10.5 Å². The zero-order valence-corrected chi connectivity index (χ0v) is 65.1. The fourth-order valence-electron chi connectivity index (χ4n) is 14.6. The number of pyridine rings is 5. The van der Waals surface area contributed by atoms with Crippen molar-refractivity contribution in [2.45, 2.75) is 240 Å². The molecule has 11 rings (SSSR count). The summed E-state index contributed by atoms with van der Waals surface area (Å²) in [5.74, 6) is -3.16. The third kappa shape index (κ3) is 15.4.